The first-order chi connectivity index (χ1) is 15.9. The van der Waals surface area contributed by atoms with Crippen molar-refractivity contribution in [1.29, 1.82) is 0 Å². The second-order valence-electron chi connectivity index (χ2n) is 10.2. The molecule has 0 radical (unpaired) electrons. The molecule has 0 aromatic carbocycles. The molecule has 0 spiro atoms. The summed E-state index contributed by atoms with van der Waals surface area (Å²) in [5, 5.41) is 11.2. The molecular weight excluding hydrogens is 462 g/mol. The monoisotopic (exact) mass is 497 g/mol. The Morgan fingerprint density at radius 1 is 0.943 bits per heavy atom. The molecular formula is C24H35NO10. The van der Waals surface area contributed by atoms with Crippen LogP contribution in [0, 0.1) is 0 Å². The molecule has 1 rings (SSSR count). The van der Waals surface area contributed by atoms with Crippen LogP contribution in [-0.2, 0) is 42.9 Å². The first-order valence-electron chi connectivity index (χ1n) is 10.9. The summed E-state index contributed by atoms with van der Waals surface area (Å²) in [6.07, 6.45) is 1.56. The van der Waals surface area contributed by atoms with E-state index in [0.717, 1.165) is 6.92 Å². The summed E-state index contributed by atoms with van der Waals surface area (Å²) < 4.78 is 20.8. The number of hydrogen-bond acceptors (Lipinski definition) is 10. The maximum absolute atomic E-state index is 13.4. The third-order valence-corrected chi connectivity index (χ3v) is 4.68. The van der Waals surface area contributed by atoms with Gasteiger partial charge in [0.05, 0.1) is 6.42 Å². The van der Waals surface area contributed by atoms with Gasteiger partial charge in [-0.25, -0.2) is 19.2 Å². The number of esters is 4. The molecule has 1 atom stereocenters. The van der Waals surface area contributed by atoms with Gasteiger partial charge < -0.3 is 24.1 Å². The van der Waals surface area contributed by atoms with Crippen LogP contribution < -0.4 is 0 Å². The summed E-state index contributed by atoms with van der Waals surface area (Å²) in [5.74, 6) is -6.51. The highest BCUT2D eigenvalue weighted by atomic mass is 16.6. The van der Waals surface area contributed by atoms with Crippen LogP contribution in [-0.4, -0.2) is 81.4 Å². The van der Waals surface area contributed by atoms with Crippen LogP contribution in [0.4, 0.5) is 0 Å². The van der Waals surface area contributed by atoms with Gasteiger partial charge in [-0.1, -0.05) is 25.3 Å². The zero-order chi connectivity index (χ0) is 27.4. The van der Waals surface area contributed by atoms with Gasteiger partial charge in [-0.2, -0.15) is 0 Å². The van der Waals surface area contributed by atoms with Gasteiger partial charge in [-0.15, -0.1) is 0 Å². The van der Waals surface area contributed by atoms with Crippen molar-refractivity contribution < 1.29 is 48.0 Å². The van der Waals surface area contributed by atoms with E-state index < -0.39 is 77.8 Å². The van der Waals surface area contributed by atoms with Crippen molar-refractivity contribution in [2.45, 2.75) is 83.3 Å². The van der Waals surface area contributed by atoms with E-state index in [0.29, 0.717) is 4.90 Å². The smallest absolute Gasteiger partial charge is 0.347 e. The molecule has 1 N–H and O–H groups in total. The van der Waals surface area contributed by atoms with E-state index in [1.807, 2.05) is 0 Å². The SMILES string of the molecule is C=CCOC(=O)C1(C(=O)OCC=C)N(C(C(=O)OC(C)(C)C)C(=O)OC(C)(C)C)C(=O)CC1(C)O. The number of aliphatic hydroxyl groups is 1. The molecule has 0 aromatic rings. The van der Waals surface area contributed by atoms with E-state index in [2.05, 4.69) is 13.2 Å². The van der Waals surface area contributed by atoms with Crippen molar-refractivity contribution in [3.05, 3.63) is 25.3 Å². The lowest BCUT2D eigenvalue weighted by Gasteiger charge is -2.42. The molecule has 11 heteroatoms. The Hall–Kier alpha value is -3.21. The molecule has 1 amide bonds. The van der Waals surface area contributed by atoms with Crippen LogP contribution in [0.25, 0.3) is 0 Å². The largest absolute Gasteiger partial charge is 0.459 e. The first kappa shape index (κ1) is 29.8. The van der Waals surface area contributed by atoms with Gasteiger partial charge in [0.2, 0.25) is 11.9 Å². The van der Waals surface area contributed by atoms with E-state index in [9.17, 15) is 29.1 Å². The summed E-state index contributed by atoms with van der Waals surface area (Å²) >= 11 is 0. The minimum atomic E-state index is -2.95. The molecule has 0 aromatic heterocycles. The zero-order valence-corrected chi connectivity index (χ0v) is 21.3. The maximum atomic E-state index is 13.4. The predicted molar refractivity (Wildman–Crippen MR) is 123 cm³/mol. The maximum Gasteiger partial charge on any atom is 0.347 e. The molecule has 35 heavy (non-hydrogen) atoms. The molecule has 0 bridgehead atoms. The molecule has 1 saturated heterocycles. The predicted octanol–water partition coefficient (Wildman–Crippen LogP) is 1.22. The standard InChI is InChI=1S/C24H35NO10/c1-10-12-32-19(29)24(20(30)33-13-11-2)23(9,31)14-15(26)25(24)16(17(27)34-21(3,4)5)18(28)35-22(6,7)8/h10-11,16,31H,1-2,12-14H2,3-9H3. The second kappa shape index (κ2) is 10.6. The van der Waals surface area contributed by atoms with Crippen molar-refractivity contribution in [3.63, 3.8) is 0 Å². The van der Waals surface area contributed by atoms with Crippen molar-refractivity contribution in [3.8, 4) is 0 Å². The summed E-state index contributed by atoms with van der Waals surface area (Å²) in [6.45, 7) is 16.2. The molecule has 1 aliphatic heterocycles. The van der Waals surface area contributed by atoms with Crippen molar-refractivity contribution in [2.75, 3.05) is 13.2 Å². The van der Waals surface area contributed by atoms with Crippen molar-refractivity contribution in [1.82, 2.24) is 4.90 Å². The van der Waals surface area contributed by atoms with E-state index in [1.165, 1.54) is 53.7 Å². The van der Waals surface area contributed by atoms with E-state index >= 15 is 0 Å². The Kier molecular flexibility index (Phi) is 9.03. The highest BCUT2D eigenvalue weighted by Gasteiger charge is 2.74. The van der Waals surface area contributed by atoms with Crippen LogP contribution in [0.2, 0.25) is 0 Å². The Morgan fingerprint density at radius 3 is 1.63 bits per heavy atom. The molecule has 1 unspecified atom stereocenters. The Morgan fingerprint density at radius 2 is 1.31 bits per heavy atom. The zero-order valence-electron chi connectivity index (χ0n) is 21.3. The average Bonchev–Trinajstić information content (AvgIpc) is 2.87. The highest BCUT2D eigenvalue weighted by molar-refractivity contribution is 6.15. The fourth-order valence-electron chi connectivity index (χ4n) is 3.51. The molecule has 0 saturated carbocycles. The number of likely N-dealkylation sites (tertiary alicyclic amines) is 1. The fourth-order valence-corrected chi connectivity index (χ4v) is 3.51. The Labute approximate surface area is 205 Å². The lowest BCUT2D eigenvalue weighted by Crippen LogP contribution is -2.72. The van der Waals surface area contributed by atoms with Gasteiger partial charge >= 0.3 is 23.9 Å². The lowest BCUT2D eigenvalue weighted by atomic mass is 9.80. The third-order valence-electron chi connectivity index (χ3n) is 4.68. The number of nitrogens with zero attached hydrogens (tertiary/aromatic N) is 1. The minimum absolute atomic E-state index is 0.353. The molecule has 1 fully saturated rings. The molecule has 11 nitrogen and oxygen atoms in total. The van der Waals surface area contributed by atoms with Crippen LogP contribution in [0.15, 0.2) is 25.3 Å². The quantitative estimate of drug-likeness (QED) is 0.213. The lowest BCUT2D eigenvalue weighted by molar-refractivity contribution is -0.197. The minimum Gasteiger partial charge on any atom is -0.459 e. The van der Waals surface area contributed by atoms with Crippen LogP contribution in [0.5, 0.6) is 0 Å². The van der Waals surface area contributed by atoms with Gasteiger partial charge in [0.15, 0.2) is 0 Å². The van der Waals surface area contributed by atoms with Crippen LogP contribution in [0.1, 0.15) is 54.9 Å². The number of carbonyl (C=O) groups excluding carboxylic acids is 5. The van der Waals surface area contributed by atoms with Crippen LogP contribution in [0.3, 0.4) is 0 Å². The summed E-state index contributed by atoms with van der Waals surface area (Å²) in [6, 6.07) is -2.25. The third kappa shape index (κ3) is 6.47. The Balaban J connectivity index is 3.92. The van der Waals surface area contributed by atoms with Crippen molar-refractivity contribution in [2.24, 2.45) is 0 Å². The molecule has 196 valence electrons. The number of amides is 1. The van der Waals surface area contributed by atoms with E-state index in [4.69, 9.17) is 18.9 Å². The van der Waals surface area contributed by atoms with Gasteiger partial charge in [0.1, 0.15) is 30.0 Å². The highest BCUT2D eigenvalue weighted by Crippen LogP contribution is 2.43. The second-order valence-corrected chi connectivity index (χ2v) is 10.2. The number of rotatable bonds is 9. The van der Waals surface area contributed by atoms with E-state index in [1.54, 1.807) is 0 Å². The first-order valence-corrected chi connectivity index (χ1v) is 10.9. The molecule has 1 heterocycles. The molecule has 1 aliphatic rings. The van der Waals surface area contributed by atoms with Gasteiger partial charge in [-0.05, 0) is 48.5 Å². The summed E-state index contributed by atoms with van der Waals surface area (Å²) in [7, 11) is 0. The normalized spacial score (nSPS) is 19.7. The van der Waals surface area contributed by atoms with Gasteiger partial charge in [-0.3, -0.25) is 9.69 Å². The number of ether oxygens (including phenoxy) is 4. The van der Waals surface area contributed by atoms with Gasteiger partial charge in [0.25, 0.3) is 5.54 Å². The summed E-state index contributed by atoms with van der Waals surface area (Å²) in [5.41, 5.74) is -7.66. The van der Waals surface area contributed by atoms with Gasteiger partial charge in [0, 0.05) is 0 Å². The Bertz CT molecular complexity index is 839. The van der Waals surface area contributed by atoms with E-state index in [-0.39, 0.29) is 0 Å². The van der Waals surface area contributed by atoms with Crippen LogP contribution >= 0.6 is 0 Å². The average molecular weight is 498 g/mol. The van der Waals surface area contributed by atoms with Crippen molar-refractivity contribution >= 4 is 29.8 Å². The number of carbonyl (C=O) groups is 5. The summed E-state index contributed by atoms with van der Waals surface area (Å²) in [4.78, 5) is 66.8. The fraction of sp³-hybridized carbons (Fsp3) is 0.625. The topological polar surface area (TPSA) is 146 Å². The molecule has 0 aliphatic carbocycles. The number of hydrogen-bond donors (Lipinski definition) is 1.